The molecule has 1 unspecified atom stereocenters. The number of amides is 2. The summed E-state index contributed by atoms with van der Waals surface area (Å²) in [5.74, 6) is 1.74. The number of carbonyl (C=O) groups excluding carboxylic acids is 1. The van der Waals surface area contributed by atoms with E-state index in [0.29, 0.717) is 30.8 Å². The zero-order chi connectivity index (χ0) is 16.9. The standard InChI is InChI=1S/C17H28N4O3/c1-13(2)10-16-18-15(19-24-16)12-23-14-6-5-9-21(11-14)17(22)20-7-3-4-8-20/h13-14H,3-12H2,1-2H3. The summed E-state index contributed by atoms with van der Waals surface area (Å²) in [6.07, 6.45) is 5.04. The molecule has 2 aliphatic heterocycles. The fourth-order valence-corrected chi connectivity index (χ4v) is 3.33. The predicted molar refractivity (Wildman–Crippen MR) is 88.4 cm³/mol. The summed E-state index contributed by atoms with van der Waals surface area (Å²) >= 11 is 0. The molecule has 2 fully saturated rings. The summed E-state index contributed by atoms with van der Waals surface area (Å²) in [5, 5.41) is 3.97. The van der Waals surface area contributed by atoms with Crippen LogP contribution in [0.5, 0.6) is 0 Å². The van der Waals surface area contributed by atoms with Gasteiger partial charge in [0.1, 0.15) is 6.61 Å². The molecular weight excluding hydrogens is 308 g/mol. The summed E-state index contributed by atoms with van der Waals surface area (Å²) in [5.41, 5.74) is 0. The van der Waals surface area contributed by atoms with Crippen molar-refractivity contribution in [1.82, 2.24) is 19.9 Å². The normalized spacial score (nSPS) is 21.7. The Morgan fingerprint density at radius 1 is 1.25 bits per heavy atom. The van der Waals surface area contributed by atoms with Gasteiger partial charge in [-0.1, -0.05) is 19.0 Å². The second-order valence-corrected chi connectivity index (χ2v) is 7.20. The number of hydrogen-bond donors (Lipinski definition) is 0. The highest BCUT2D eigenvalue weighted by Gasteiger charge is 2.29. The van der Waals surface area contributed by atoms with E-state index in [2.05, 4.69) is 24.0 Å². The third-order valence-corrected chi connectivity index (χ3v) is 4.57. The summed E-state index contributed by atoms with van der Waals surface area (Å²) < 4.78 is 11.2. The van der Waals surface area contributed by atoms with Crippen molar-refractivity contribution in [3.05, 3.63) is 11.7 Å². The van der Waals surface area contributed by atoms with Crippen molar-refractivity contribution in [2.45, 2.75) is 58.7 Å². The smallest absolute Gasteiger partial charge is 0.320 e. The van der Waals surface area contributed by atoms with Crippen molar-refractivity contribution in [3.63, 3.8) is 0 Å². The molecule has 3 rings (SSSR count). The number of piperidine rings is 1. The van der Waals surface area contributed by atoms with Gasteiger partial charge in [0.15, 0.2) is 5.82 Å². The van der Waals surface area contributed by atoms with E-state index in [-0.39, 0.29) is 12.1 Å². The van der Waals surface area contributed by atoms with Gasteiger partial charge in [0.05, 0.1) is 6.10 Å². The van der Waals surface area contributed by atoms with Gasteiger partial charge in [-0.05, 0) is 31.6 Å². The first-order valence-electron chi connectivity index (χ1n) is 9.08. The SMILES string of the molecule is CC(C)Cc1nc(COC2CCCN(C(=O)N3CCCC3)C2)no1. The molecule has 7 heteroatoms. The lowest BCUT2D eigenvalue weighted by atomic mass is 10.1. The van der Waals surface area contributed by atoms with Crippen LogP contribution in [0.4, 0.5) is 4.79 Å². The summed E-state index contributed by atoms with van der Waals surface area (Å²) in [6, 6.07) is 0.166. The molecule has 1 aromatic rings. The summed E-state index contributed by atoms with van der Waals surface area (Å²) in [7, 11) is 0. The van der Waals surface area contributed by atoms with Crippen molar-refractivity contribution in [1.29, 1.82) is 0 Å². The molecule has 0 saturated carbocycles. The number of urea groups is 1. The molecule has 1 atom stereocenters. The second-order valence-electron chi connectivity index (χ2n) is 7.20. The highest BCUT2D eigenvalue weighted by Crippen LogP contribution is 2.18. The third-order valence-electron chi connectivity index (χ3n) is 4.57. The summed E-state index contributed by atoms with van der Waals surface area (Å²) in [4.78, 5) is 20.7. The monoisotopic (exact) mass is 336 g/mol. The number of carbonyl (C=O) groups is 1. The van der Waals surface area contributed by atoms with Crippen molar-refractivity contribution in [2.75, 3.05) is 26.2 Å². The number of hydrogen-bond acceptors (Lipinski definition) is 5. The molecule has 0 radical (unpaired) electrons. The molecule has 3 heterocycles. The molecular formula is C17H28N4O3. The maximum absolute atomic E-state index is 12.5. The van der Waals surface area contributed by atoms with Gasteiger partial charge < -0.3 is 19.1 Å². The fourth-order valence-electron chi connectivity index (χ4n) is 3.33. The van der Waals surface area contributed by atoms with Gasteiger partial charge in [-0.3, -0.25) is 0 Å². The number of aromatic nitrogens is 2. The number of ether oxygens (including phenoxy) is 1. The number of rotatable bonds is 5. The lowest BCUT2D eigenvalue weighted by Crippen LogP contribution is -2.48. The molecule has 2 saturated heterocycles. The van der Waals surface area contributed by atoms with Crippen LogP contribution in [0.2, 0.25) is 0 Å². The van der Waals surface area contributed by atoms with Crippen LogP contribution in [0.15, 0.2) is 4.52 Å². The molecule has 0 N–H and O–H groups in total. The average molecular weight is 336 g/mol. The molecule has 0 aliphatic carbocycles. The number of nitrogens with zero attached hydrogens (tertiary/aromatic N) is 4. The molecule has 134 valence electrons. The average Bonchev–Trinajstić information content (AvgIpc) is 3.24. The quantitative estimate of drug-likeness (QED) is 0.826. The molecule has 2 amide bonds. The Morgan fingerprint density at radius 3 is 2.75 bits per heavy atom. The van der Waals surface area contributed by atoms with Crippen molar-refractivity contribution in [3.8, 4) is 0 Å². The van der Waals surface area contributed by atoms with E-state index in [1.165, 1.54) is 0 Å². The third kappa shape index (κ3) is 4.47. The van der Waals surface area contributed by atoms with Crippen molar-refractivity contribution >= 4 is 6.03 Å². The van der Waals surface area contributed by atoms with E-state index in [1.807, 2.05) is 9.80 Å². The largest absolute Gasteiger partial charge is 0.368 e. The topological polar surface area (TPSA) is 71.7 Å². The lowest BCUT2D eigenvalue weighted by molar-refractivity contribution is -0.00670. The van der Waals surface area contributed by atoms with Gasteiger partial charge in [0.2, 0.25) is 5.89 Å². The number of likely N-dealkylation sites (tertiary alicyclic amines) is 2. The van der Waals surface area contributed by atoms with Gasteiger partial charge in [-0.15, -0.1) is 0 Å². The predicted octanol–water partition coefficient (Wildman–Crippen LogP) is 2.46. The Balaban J connectivity index is 1.46. The minimum absolute atomic E-state index is 0.0531. The molecule has 0 spiro atoms. The molecule has 2 aliphatic rings. The zero-order valence-electron chi connectivity index (χ0n) is 14.7. The van der Waals surface area contributed by atoms with Crippen molar-refractivity contribution < 1.29 is 14.1 Å². The fraction of sp³-hybridized carbons (Fsp3) is 0.824. The van der Waals surface area contributed by atoms with E-state index in [4.69, 9.17) is 9.26 Å². The van der Waals surface area contributed by atoms with Crippen LogP contribution in [0.1, 0.15) is 51.2 Å². The van der Waals surface area contributed by atoms with Crippen molar-refractivity contribution in [2.24, 2.45) is 5.92 Å². The zero-order valence-corrected chi connectivity index (χ0v) is 14.7. The maximum Gasteiger partial charge on any atom is 0.320 e. The van der Waals surface area contributed by atoms with E-state index >= 15 is 0 Å². The Labute approximate surface area is 143 Å². The second kappa shape index (κ2) is 7.96. The lowest BCUT2D eigenvalue weighted by Gasteiger charge is -2.34. The maximum atomic E-state index is 12.5. The van der Waals surface area contributed by atoms with Crippen LogP contribution in [0.25, 0.3) is 0 Å². The van der Waals surface area contributed by atoms with Gasteiger partial charge in [0, 0.05) is 32.6 Å². The van der Waals surface area contributed by atoms with Gasteiger partial charge in [-0.25, -0.2) is 4.79 Å². The first kappa shape index (κ1) is 17.2. The van der Waals surface area contributed by atoms with Gasteiger partial charge in [0.25, 0.3) is 0 Å². The van der Waals surface area contributed by atoms with Crippen LogP contribution in [-0.4, -0.2) is 58.3 Å². The molecule has 24 heavy (non-hydrogen) atoms. The van der Waals surface area contributed by atoms with Crippen LogP contribution >= 0.6 is 0 Å². The Hall–Kier alpha value is -1.63. The Morgan fingerprint density at radius 2 is 2.00 bits per heavy atom. The molecule has 7 nitrogen and oxygen atoms in total. The van der Waals surface area contributed by atoms with E-state index in [0.717, 1.165) is 51.7 Å². The highest BCUT2D eigenvalue weighted by molar-refractivity contribution is 5.74. The van der Waals surface area contributed by atoms with Gasteiger partial charge in [-0.2, -0.15) is 4.98 Å². The minimum atomic E-state index is 0.0531. The van der Waals surface area contributed by atoms with Gasteiger partial charge >= 0.3 is 6.03 Å². The molecule has 0 aromatic carbocycles. The first-order valence-corrected chi connectivity index (χ1v) is 9.08. The Bertz CT molecular complexity index is 540. The van der Waals surface area contributed by atoms with Crippen LogP contribution in [0.3, 0.4) is 0 Å². The van der Waals surface area contributed by atoms with Crippen LogP contribution < -0.4 is 0 Å². The van der Waals surface area contributed by atoms with Crippen LogP contribution in [0, 0.1) is 5.92 Å². The summed E-state index contributed by atoms with van der Waals surface area (Å²) in [6.45, 7) is 7.85. The molecule has 1 aromatic heterocycles. The van der Waals surface area contributed by atoms with Crippen LogP contribution in [-0.2, 0) is 17.8 Å². The molecule has 0 bridgehead atoms. The van der Waals surface area contributed by atoms with E-state index in [1.54, 1.807) is 0 Å². The van der Waals surface area contributed by atoms with E-state index in [9.17, 15) is 4.79 Å². The minimum Gasteiger partial charge on any atom is -0.368 e. The highest BCUT2D eigenvalue weighted by atomic mass is 16.5. The first-order chi connectivity index (χ1) is 11.6. The Kier molecular flexibility index (Phi) is 5.71. The van der Waals surface area contributed by atoms with E-state index < -0.39 is 0 Å².